The molecule has 2 N–H and O–H groups in total. The molecule has 18 heavy (non-hydrogen) atoms. The zero-order valence-electron chi connectivity index (χ0n) is 9.74. The van der Waals surface area contributed by atoms with Gasteiger partial charge in [-0.2, -0.15) is 0 Å². The number of carbonyl (C=O) groups excluding carboxylic acids is 1. The Balaban J connectivity index is 3.04. The van der Waals surface area contributed by atoms with Gasteiger partial charge in [-0.05, 0) is 23.8 Å². The van der Waals surface area contributed by atoms with Gasteiger partial charge < -0.3 is 10.4 Å². The van der Waals surface area contributed by atoms with E-state index in [1.165, 1.54) is 19.2 Å². The first-order valence-corrected chi connectivity index (χ1v) is 5.69. The summed E-state index contributed by atoms with van der Waals surface area (Å²) in [6.45, 7) is 0. The highest BCUT2D eigenvalue weighted by atomic mass is 35.5. The van der Waals surface area contributed by atoms with Gasteiger partial charge in [0, 0.05) is 24.4 Å². The number of carboxylic acids is 1. The number of hydrogen-bond acceptors (Lipinski definition) is 2. The zero-order chi connectivity index (χ0) is 13.7. The molecule has 1 atom stereocenters. The lowest BCUT2D eigenvalue weighted by Gasteiger charge is -2.15. The van der Waals surface area contributed by atoms with Crippen LogP contribution >= 0.6 is 11.6 Å². The van der Waals surface area contributed by atoms with E-state index in [4.69, 9.17) is 16.7 Å². The maximum absolute atomic E-state index is 13.6. The molecular formula is C12H13ClFNO3. The smallest absolute Gasteiger partial charge is 0.303 e. The maximum atomic E-state index is 13.6. The van der Waals surface area contributed by atoms with E-state index in [0.717, 1.165) is 6.07 Å². The summed E-state index contributed by atoms with van der Waals surface area (Å²) in [6, 6.07) is 3.89. The molecule has 0 aliphatic rings. The van der Waals surface area contributed by atoms with Gasteiger partial charge in [-0.1, -0.05) is 11.6 Å². The van der Waals surface area contributed by atoms with Crippen LogP contribution in [0.25, 0.3) is 0 Å². The molecule has 1 aromatic carbocycles. The van der Waals surface area contributed by atoms with Crippen molar-refractivity contribution in [1.29, 1.82) is 0 Å². The van der Waals surface area contributed by atoms with Gasteiger partial charge in [-0.25, -0.2) is 4.39 Å². The second kappa shape index (κ2) is 6.35. The van der Waals surface area contributed by atoms with Crippen LogP contribution in [-0.4, -0.2) is 24.0 Å². The van der Waals surface area contributed by atoms with Gasteiger partial charge in [0.15, 0.2) is 0 Å². The molecule has 0 radical (unpaired) electrons. The van der Waals surface area contributed by atoms with E-state index in [0.29, 0.717) is 5.02 Å². The van der Waals surface area contributed by atoms with Crippen molar-refractivity contribution in [2.24, 2.45) is 0 Å². The van der Waals surface area contributed by atoms with E-state index in [1.54, 1.807) is 0 Å². The summed E-state index contributed by atoms with van der Waals surface area (Å²) < 4.78 is 13.6. The third-order valence-corrected chi connectivity index (χ3v) is 2.76. The van der Waals surface area contributed by atoms with E-state index in [1.807, 2.05) is 0 Å². The van der Waals surface area contributed by atoms with Crippen molar-refractivity contribution >= 4 is 23.5 Å². The highest BCUT2D eigenvalue weighted by Crippen LogP contribution is 2.28. The van der Waals surface area contributed by atoms with Crippen LogP contribution in [-0.2, 0) is 9.59 Å². The number of carboxylic acid groups (broad SMARTS) is 1. The molecule has 0 bridgehead atoms. The van der Waals surface area contributed by atoms with Gasteiger partial charge in [0.2, 0.25) is 5.91 Å². The normalized spacial score (nSPS) is 11.9. The largest absolute Gasteiger partial charge is 0.481 e. The molecule has 4 nitrogen and oxygen atoms in total. The molecule has 0 spiro atoms. The summed E-state index contributed by atoms with van der Waals surface area (Å²) >= 11 is 5.75. The van der Waals surface area contributed by atoms with Crippen molar-refractivity contribution < 1.29 is 19.1 Å². The minimum absolute atomic E-state index is 0.0972. The minimum Gasteiger partial charge on any atom is -0.481 e. The Morgan fingerprint density at radius 1 is 1.44 bits per heavy atom. The molecule has 6 heteroatoms. The van der Waals surface area contributed by atoms with Crippen LogP contribution in [0.15, 0.2) is 18.2 Å². The Morgan fingerprint density at radius 2 is 2.11 bits per heavy atom. The number of amides is 1. The average molecular weight is 274 g/mol. The molecule has 1 aromatic rings. The van der Waals surface area contributed by atoms with E-state index >= 15 is 0 Å². The van der Waals surface area contributed by atoms with Crippen molar-refractivity contribution in [3.8, 4) is 0 Å². The maximum Gasteiger partial charge on any atom is 0.303 e. The highest BCUT2D eigenvalue weighted by Gasteiger charge is 2.22. The first-order valence-electron chi connectivity index (χ1n) is 5.31. The summed E-state index contributed by atoms with van der Waals surface area (Å²) in [5.41, 5.74) is 0.147. The van der Waals surface area contributed by atoms with Gasteiger partial charge >= 0.3 is 5.97 Å². The first kappa shape index (κ1) is 14.4. The number of carbonyl (C=O) groups is 2. The van der Waals surface area contributed by atoms with Crippen molar-refractivity contribution in [3.05, 3.63) is 34.6 Å². The minimum atomic E-state index is -1.09. The summed E-state index contributed by atoms with van der Waals surface area (Å²) in [5, 5.41) is 11.5. The molecule has 1 rings (SSSR count). The number of nitrogens with one attached hydrogen (secondary N) is 1. The lowest BCUT2D eigenvalue weighted by atomic mass is 9.91. The molecular weight excluding hydrogens is 261 g/mol. The van der Waals surface area contributed by atoms with E-state index < -0.39 is 17.7 Å². The van der Waals surface area contributed by atoms with Crippen LogP contribution in [0.3, 0.4) is 0 Å². The van der Waals surface area contributed by atoms with E-state index in [-0.39, 0.29) is 24.3 Å². The van der Waals surface area contributed by atoms with Crippen LogP contribution in [0.5, 0.6) is 0 Å². The number of halogens is 2. The zero-order valence-corrected chi connectivity index (χ0v) is 10.5. The van der Waals surface area contributed by atoms with Gasteiger partial charge in [0.1, 0.15) is 5.82 Å². The summed E-state index contributed by atoms with van der Waals surface area (Å²) in [5.74, 6) is -2.74. The lowest BCUT2D eigenvalue weighted by molar-refractivity contribution is -0.137. The topological polar surface area (TPSA) is 66.4 Å². The fraction of sp³-hybridized carbons (Fsp3) is 0.333. The van der Waals surface area contributed by atoms with Crippen molar-refractivity contribution in [1.82, 2.24) is 5.32 Å². The summed E-state index contributed by atoms with van der Waals surface area (Å²) in [6.07, 6.45) is -0.426. The quantitative estimate of drug-likeness (QED) is 0.864. The molecule has 1 amide bonds. The Kier molecular flexibility index (Phi) is 5.09. The predicted octanol–water partition coefficient (Wildman–Crippen LogP) is 2.17. The van der Waals surface area contributed by atoms with Gasteiger partial charge in [-0.15, -0.1) is 0 Å². The van der Waals surface area contributed by atoms with Gasteiger partial charge in [-0.3, -0.25) is 9.59 Å². The highest BCUT2D eigenvalue weighted by molar-refractivity contribution is 6.30. The lowest BCUT2D eigenvalue weighted by Crippen LogP contribution is -2.22. The number of aliphatic carboxylic acids is 1. The molecule has 0 aliphatic carbocycles. The van der Waals surface area contributed by atoms with Crippen molar-refractivity contribution in [3.63, 3.8) is 0 Å². The van der Waals surface area contributed by atoms with Crippen LogP contribution in [0.4, 0.5) is 4.39 Å². The second-order valence-corrected chi connectivity index (χ2v) is 4.27. The summed E-state index contributed by atoms with van der Waals surface area (Å²) in [4.78, 5) is 22.1. The SMILES string of the molecule is CNC(=O)C[C@@H](CC(=O)O)c1cc(Cl)ccc1F. The molecule has 0 unspecified atom stereocenters. The average Bonchev–Trinajstić information content (AvgIpc) is 2.30. The fourth-order valence-corrected chi connectivity index (χ4v) is 1.84. The molecule has 0 heterocycles. The molecule has 0 fully saturated rings. The van der Waals surface area contributed by atoms with Gasteiger partial charge in [0.05, 0.1) is 6.42 Å². The number of benzene rings is 1. The first-order chi connectivity index (χ1) is 8.43. The Bertz CT molecular complexity index is 465. The van der Waals surface area contributed by atoms with E-state index in [2.05, 4.69) is 5.32 Å². The summed E-state index contributed by atoms with van der Waals surface area (Å²) in [7, 11) is 1.44. The Labute approximate surface area is 109 Å². The predicted molar refractivity (Wildman–Crippen MR) is 65.1 cm³/mol. The van der Waals surface area contributed by atoms with Crippen molar-refractivity contribution in [2.45, 2.75) is 18.8 Å². The monoisotopic (exact) mass is 273 g/mol. The number of hydrogen-bond donors (Lipinski definition) is 2. The fourth-order valence-electron chi connectivity index (χ4n) is 1.66. The van der Waals surface area contributed by atoms with Gasteiger partial charge in [0.25, 0.3) is 0 Å². The number of rotatable bonds is 5. The van der Waals surface area contributed by atoms with Crippen LogP contribution < -0.4 is 5.32 Å². The molecule has 98 valence electrons. The molecule has 0 aromatic heterocycles. The van der Waals surface area contributed by atoms with E-state index in [9.17, 15) is 14.0 Å². The van der Waals surface area contributed by atoms with Crippen LogP contribution in [0.2, 0.25) is 5.02 Å². The third kappa shape index (κ3) is 4.00. The Morgan fingerprint density at radius 3 is 2.67 bits per heavy atom. The molecule has 0 aliphatic heterocycles. The standard InChI is InChI=1S/C12H13ClFNO3/c1-15-11(16)4-7(5-12(17)18)9-6-8(13)2-3-10(9)14/h2-3,6-7H,4-5H2,1H3,(H,15,16)(H,17,18)/t7-/m0/s1. The molecule has 0 saturated heterocycles. The van der Waals surface area contributed by atoms with Crippen LogP contribution in [0.1, 0.15) is 24.3 Å². The van der Waals surface area contributed by atoms with Crippen LogP contribution in [0, 0.1) is 5.82 Å². The Hall–Kier alpha value is -1.62. The molecule has 0 saturated carbocycles. The van der Waals surface area contributed by atoms with Crippen molar-refractivity contribution in [2.75, 3.05) is 7.05 Å². The second-order valence-electron chi connectivity index (χ2n) is 3.84. The third-order valence-electron chi connectivity index (χ3n) is 2.53.